The predicted octanol–water partition coefficient (Wildman–Crippen LogP) is 4.22. The summed E-state index contributed by atoms with van der Waals surface area (Å²) in [5.74, 6) is 0.749. The van der Waals surface area contributed by atoms with E-state index in [1.807, 2.05) is 18.2 Å². The summed E-state index contributed by atoms with van der Waals surface area (Å²) in [6.07, 6.45) is 1.72. The fraction of sp³-hybridized carbons (Fsp3) is 0. The molecule has 1 aromatic heterocycles. The molecule has 0 saturated heterocycles. The summed E-state index contributed by atoms with van der Waals surface area (Å²) < 4.78 is 1.77. The number of hydrogen-bond donors (Lipinski definition) is 1. The van der Waals surface area contributed by atoms with Crippen LogP contribution in [0.1, 0.15) is 5.56 Å². The Hall–Kier alpha value is -1.38. The van der Waals surface area contributed by atoms with Gasteiger partial charge in [-0.25, -0.2) is 4.98 Å². The molecule has 0 atom stereocenters. The van der Waals surface area contributed by atoms with Crippen molar-refractivity contribution in [3.05, 3.63) is 51.0 Å². The Morgan fingerprint density at radius 2 is 2.00 bits per heavy atom. The lowest BCUT2D eigenvalue weighted by Gasteiger charge is -2.07. The maximum atomic E-state index is 8.76. The Morgan fingerprint density at radius 1 is 1.18 bits per heavy atom. The van der Waals surface area contributed by atoms with Crippen LogP contribution in [0.4, 0.5) is 11.5 Å². The third kappa shape index (κ3) is 3.05. The fourth-order valence-corrected chi connectivity index (χ4v) is 1.99. The Bertz CT molecular complexity index is 573. The number of hydrogen-bond acceptors (Lipinski definition) is 3. The quantitative estimate of drug-likeness (QED) is 0.880. The maximum absolute atomic E-state index is 8.76. The maximum Gasteiger partial charge on any atom is 0.130 e. The lowest BCUT2D eigenvalue weighted by molar-refractivity contribution is 1.29. The highest BCUT2D eigenvalue weighted by Crippen LogP contribution is 2.26. The van der Waals surface area contributed by atoms with E-state index in [0.717, 1.165) is 20.5 Å². The standard InChI is InChI=1S/C12H7Br2N3/c13-9-2-4-12(16-7-9)17-11-3-1-8(6-15)5-10(11)14/h1-5,7H,(H,16,17). The van der Waals surface area contributed by atoms with Crippen molar-refractivity contribution in [3.63, 3.8) is 0 Å². The van der Waals surface area contributed by atoms with Crippen molar-refractivity contribution in [2.24, 2.45) is 0 Å². The highest BCUT2D eigenvalue weighted by Gasteiger charge is 2.02. The molecule has 5 heteroatoms. The van der Waals surface area contributed by atoms with Crippen LogP contribution in [0.3, 0.4) is 0 Å². The van der Waals surface area contributed by atoms with Gasteiger partial charge in [-0.2, -0.15) is 5.26 Å². The second kappa shape index (κ2) is 5.30. The van der Waals surface area contributed by atoms with Crippen LogP contribution in [0.2, 0.25) is 0 Å². The summed E-state index contributed by atoms with van der Waals surface area (Å²) in [5, 5.41) is 11.9. The molecule has 17 heavy (non-hydrogen) atoms. The molecule has 1 N–H and O–H groups in total. The molecular formula is C12H7Br2N3. The van der Waals surface area contributed by atoms with Gasteiger partial charge in [-0.05, 0) is 62.2 Å². The van der Waals surface area contributed by atoms with Crippen LogP contribution in [0, 0.1) is 11.3 Å². The summed E-state index contributed by atoms with van der Waals surface area (Å²) >= 11 is 6.74. The smallest absolute Gasteiger partial charge is 0.130 e. The largest absolute Gasteiger partial charge is 0.339 e. The van der Waals surface area contributed by atoms with Crippen molar-refractivity contribution in [2.75, 3.05) is 5.32 Å². The number of nitrogens with zero attached hydrogens (tertiary/aromatic N) is 2. The second-order valence-corrected chi connectivity index (χ2v) is 5.06. The molecule has 0 spiro atoms. The van der Waals surface area contributed by atoms with Crippen LogP contribution in [-0.2, 0) is 0 Å². The van der Waals surface area contributed by atoms with Crippen LogP contribution in [0.15, 0.2) is 45.5 Å². The van der Waals surface area contributed by atoms with E-state index in [0.29, 0.717) is 5.56 Å². The first-order valence-electron chi connectivity index (χ1n) is 4.77. The molecule has 1 aromatic carbocycles. The van der Waals surface area contributed by atoms with Crippen LogP contribution >= 0.6 is 31.9 Å². The van der Waals surface area contributed by atoms with Crippen molar-refractivity contribution in [1.82, 2.24) is 4.98 Å². The summed E-state index contributed by atoms with van der Waals surface area (Å²) in [4.78, 5) is 4.21. The van der Waals surface area contributed by atoms with Gasteiger partial charge in [0.2, 0.25) is 0 Å². The minimum absolute atomic E-state index is 0.617. The van der Waals surface area contributed by atoms with Gasteiger partial charge in [0, 0.05) is 15.1 Å². The normalized spacial score (nSPS) is 9.71. The summed E-state index contributed by atoms with van der Waals surface area (Å²) in [6.45, 7) is 0. The summed E-state index contributed by atoms with van der Waals surface area (Å²) in [5.41, 5.74) is 1.49. The first-order chi connectivity index (χ1) is 8.19. The molecule has 0 unspecified atom stereocenters. The van der Waals surface area contributed by atoms with Gasteiger partial charge in [0.25, 0.3) is 0 Å². The molecule has 0 aliphatic carbocycles. The first kappa shape index (κ1) is 12.1. The third-order valence-corrected chi connectivity index (χ3v) is 3.21. The van der Waals surface area contributed by atoms with Crippen LogP contribution in [0.25, 0.3) is 0 Å². The average Bonchev–Trinajstić information content (AvgIpc) is 2.34. The Balaban J connectivity index is 2.25. The minimum Gasteiger partial charge on any atom is -0.339 e. The van der Waals surface area contributed by atoms with E-state index in [9.17, 15) is 0 Å². The first-order valence-corrected chi connectivity index (χ1v) is 6.36. The molecule has 0 aliphatic rings. The van der Waals surface area contributed by atoms with E-state index < -0.39 is 0 Å². The number of nitrogens with one attached hydrogen (secondary N) is 1. The molecule has 3 nitrogen and oxygen atoms in total. The van der Waals surface area contributed by atoms with Crippen LogP contribution in [0.5, 0.6) is 0 Å². The zero-order valence-corrected chi connectivity index (χ0v) is 11.8. The topological polar surface area (TPSA) is 48.7 Å². The number of benzene rings is 1. The highest BCUT2D eigenvalue weighted by molar-refractivity contribution is 9.10. The number of halogens is 2. The molecular weight excluding hydrogens is 346 g/mol. The fourth-order valence-electron chi connectivity index (χ4n) is 1.27. The van der Waals surface area contributed by atoms with Crippen LogP contribution in [-0.4, -0.2) is 4.98 Å². The van der Waals surface area contributed by atoms with Crippen molar-refractivity contribution in [2.45, 2.75) is 0 Å². The number of nitriles is 1. The SMILES string of the molecule is N#Cc1ccc(Nc2ccc(Br)cn2)c(Br)c1. The number of pyridine rings is 1. The van der Waals surface area contributed by atoms with Crippen molar-refractivity contribution in [3.8, 4) is 6.07 Å². The van der Waals surface area contributed by atoms with Gasteiger partial charge in [-0.3, -0.25) is 0 Å². The molecule has 1 heterocycles. The van der Waals surface area contributed by atoms with E-state index in [-0.39, 0.29) is 0 Å². The van der Waals surface area contributed by atoms with Gasteiger partial charge in [-0.15, -0.1) is 0 Å². The average molecular weight is 353 g/mol. The number of anilines is 2. The summed E-state index contributed by atoms with van der Waals surface area (Å²) in [6, 6.07) is 11.2. The Labute approximate surface area is 116 Å². The molecule has 0 bridgehead atoms. The van der Waals surface area contributed by atoms with Crippen molar-refractivity contribution in [1.29, 1.82) is 5.26 Å². The van der Waals surface area contributed by atoms with Gasteiger partial charge in [-0.1, -0.05) is 0 Å². The molecule has 2 aromatic rings. The predicted molar refractivity (Wildman–Crippen MR) is 74.1 cm³/mol. The zero-order chi connectivity index (χ0) is 12.3. The monoisotopic (exact) mass is 351 g/mol. The number of aromatic nitrogens is 1. The molecule has 0 fully saturated rings. The second-order valence-electron chi connectivity index (χ2n) is 3.29. The van der Waals surface area contributed by atoms with Crippen molar-refractivity contribution < 1.29 is 0 Å². The molecule has 0 amide bonds. The third-order valence-electron chi connectivity index (χ3n) is 2.09. The van der Waals surface area contributed by atoms with Gasteiger partial charge in [0.15, 0.2) is 0 Å². The molecule has 84 valence electrons. The highest BCUT2D eigenvalue weighted by atomic mass is 79.9. The van der Waals surface area contributed by atoms with Gasteiger partial charge >= 0.3 is 0 Å². The Kier molecular flexibility index (Phi) is 3.77. The lowest BCUT2D eigenvalue weighted by atomic mass is 10.2. The van der Waals surface area contributed by atoms with Gasteiger partial charge in [0.05, 0.1) is 17.3 Å². The van der Waals surface area contributed by atoms with Crippen molar-refractivity contribution >= 4 is 43.4 Å². The molecule has 2 rings (SSSR count). The van der Waals surface area contributed by atoms with E-state index in [2.05, 4.69) is 48.2 Å². The summed E-state index contributed by atoms with van der Waals surface area (Å²) in [7, 11) is 0. The van der Waals surface area contributed by atoms with E-state index >= 15 is 0 Å². The van der Waals surface area contributed by atoms with E-state index in [1.54, 1.807) is 18.3 Å². The van der Waals surface area contributed by atoms with Crippen LogP contribution < -0.4 is 5.32 Å². The van der Waals surface area contributed by atoms with E-state index in [1.165, 1.54) is 0 Å². The lowest BCUT2D eigenvalue weighted by Crippen LogP contribution is -1.94. The zero-order valence-electron chi connectivity index (χ0n) is 8.61. The minimum atomic E-state index is 0.617. The van der Waals surface area contributed by atoms with E-state index in [4.69, 9.17) is 5.26 Å². The van der Waals surface area contributed by atoms with Gasteiger partial charge < -0.3 is 5.32 Å². The Morgan fingerprint density at radius 3 is 2.59 bits per heavy atom. The molecule has 0 aliphatic heterocycles. The number of rotatable bonds is 2. The molecule has 0 saturated carbocycles. The molecule has 0 radical (unpaired) electrons. The van der Waals surface area contributed by atoms with Gasteiger partial charge in [0.1, 0.15) is 5.82 Å².